The van der Waals surface area contributed by atoms with Crippen LogP contribution in [0.4, 0.5) is 0 Å². The maximum atomic E-state index is 2.61. The minimum atomic E-state index is 0.636. The first-order valence-corrected chi connectivity index (χ1v) is 47.8. The molecule has 0 saturated carbocycles. The Balaban J connectivity index is 0.000000640. The number of rotatable bonds is 16. The van der Waals surface area contributed by atoms with E-state index in [0.717, 1.165) is 79.1 Å². The Kier molecular flexibility index (Phi) is 59.6. The summed E-state index contributed by atoms with van der Waals surface area (Å²) in [6, 6.07) is 7.48. The average Bonchev–Trinajstić information content (AvgIpc) is 0.959. The van der Waals surface area contributed by atoms with Crippen LogP contribution in [0.15, 0.2) is 84.6 Å². The molecule has 0 aromatic rings. The smallest absolute Gasteiger partial charge is 0.0227 e. The van der Waals surface area contributed by atoms with Gasteiger partial charge < -0.3 is 39.2 Å². The van der Waals surface area contributed by atoms with E-state index in [1.807, 2.05) is 0 Å². The molecule has 8 heterocycles. The molecule has 0 amide bonds. The van der Waals surface area contributed by atoms with Crippen LogP contribution in [0.2, 0.25) is 0 Å². The van der Waals surface area contributed by atoms with Gasteiger partial charge >= 0.3 is 0 Å². The van der Waals surface area contributed by atoms with Gasteiger partial charge in [-0.1, -0.05) is 129 Å². The summed E-state index contributed by atoms with van der Waals surface area (Å²) in [6.07, 6.45) is 51.9. The fourth-order valence-electron chi connectivity index (χ4n) is 16.6. The standard InChI is InChI=1S/5C13H25N.C12H26N2.2C12H24N2/c8*1-11(2)13-7-5-9-14(12(3)4)10-6-8-13/h2*7,11-12H,5-6,8-10H2,1-4H3;2*5,9,11-13H,6-8,10H2,1-4H3;5,7,11-13H,6,8-10H2,1-4H3;11-12H,5-10H2,1-4H3;2*5,7,11-12H,6,8-10H2,1-4H3/b2*13-7+;2*9-5-;7-5-;;2*7-5-. The van der Waals surface area contributed by atoms with Crippen LogP contribution in [0, 0.1) is 47.3 Å². The summed E-state index contributed by atoms with van der Waals surface area (Å²) in [6.45, 7) is 95.6. The Morgan fingerprint density at radius 3 is 0.795 bits per heavy atom. The van der Waals surface area contributed by atoms with Gasteiger partial charge in [-0.15, -0.1) is 0 Å². The molecule has 0 aromatic carbocycles. The van der Waals surface area contributed by atoms with Crippen molar-refractivity contribution in [3.8, 4) is 0 Å². The van der Waals surface area contributed by atoms with E-state index in [4.69, 9.17) is 0 Å². The van der Waals surface area contributed by atoms with Crippen molar-refractivity contribution in [2.24, 2.45) is 47.3 Å². The SMILES string of the molecule is CC(C)/C1=C/CCN(C(C)C)CCC1.CC(C)/C1=C/CCN(C(C)C)CCC1.CC(C)C1/C=C\CN(C(C)C)CCC1.CC(C)C1C/C=C\N(C(C)C)CCC1.CC(C)C1C/C=C\N(C(C)C)CCC1.CC(C)N1/C=C\CN(C(C)C)CCC1.CC(C)N1/C=C\CN(C(C)C)CCC1.CC(C)N1CCCN(C(C)C)CCC1. The molecule has 0 aliphatic carbocycles. The van der Waals surface area contributed by atoms with Crippen molar-refractivity contribution in [1.82, 2.24) is 53.9 Å². The summed E-state index contributed by atoms with van der Waals surface area (Å²) in [5.74, 6) is 6.60. The zero-order chi connectivity index (χ0) is 84.4. The molecule has 8 aliphatic heterocycles. The van der Waals surface area contributed by atoms with Crippen molar-refractivity contribution >= 4 is 0 Å². The average molecular weight is 1570 g/mol. The van der Waals surface area contributed by atoms with Gasteiger partial charge in [0.1, 0.15) is 0 Å². The molecule has 0 bridgehead atoms. The van der Waals surface area contributed by atoms with Crippen molar-refractivity contribution in [2.45, 2.75) is 404 Å². The maximum absolute atomic E-state index is 2.61. The highest BCUT2D eigenvalue weighted by molar-refractivity contribution is 5.07. The largest absolute Gasteiger partial charge is 0.375 e. The summed E-state index contributed by atoms with van der Waals surface area (Å²) >= 11 is 0. The molecule has 8 rings (SSSR count). The maximum Gasteiger partial charge on any atom is 0.0227 e. The quantitative estimate of drug-likeness (QED) is 0.139. The van der Waals surface area contributed by atoms with Gasteiger partial charge in [-0.3, -0.25) is 14.7 Å². The molecule has 658 valence electrons. The predicted octanol–water partition coefficient (Wildman–Crippen LogP) is 24.4. The monoisotopic (exact) mass is 1570 g/mol. The number of allylic oxidation sites excluding steroid dienone is 5. The van der Waals surface area contributed by atoms with Crippen LogP contribution in [-0.2, 0) is 0 Å². The zero-order valence-corrected chi connectivity index (χ0v) is 81.3. The second-order valence-corrected chi connectivity index (χ2v) is 39.5. The van der Waals surface area contributed by atoms with Gasteiger partial charge in [0.25, 0.3) is 0 Å². The summed E-state index contributed by atoms with van der Waals surface area (Å²) < 4.78 is 0. The summed E-state index contributed by atoms with van der Waals surface area (Å²) in [7, 11) is 0. The Labute approximate surface area is 703 Å². The fourth-order valence-corrected chi connectivity index (χ4v) is 16.6. The van der Waals surface area contributed by atoms with E-state index in [1.165, 1.54) is 214 Å². The van der Waals surface area contributed by atoms with Crippen molar-refractivity contribution in [3.05, 3.63) is 84.6 Å². The molecule has 11 heteroatoms. The van der Waals surface area contributed by atoms with E-state index in [0.29, 0.717) is 54.4 Å². The van der Waals surface area contributed by atoms with E-state index in [9.17, 15) is 0 Å². The molecular formula is C101H199N11. The van der Waals surface area contributed by atoms with Crippen molar-refractivity contribution < 1.29 is 0 Å². The molecule has 3 unspecified atom stereocenters. The highest BCUT2D eigenvalue weighted by Crippen LogP contribution is 2.28. The predicted molar refractivity (Wildman–Crippen MR) is 504 cm³/mol. The van der Waals surface area contributed by atoms with Crippen molar-refractivity contribution in [2.75, 3.05) is 118 Å². The zero-order valence-electron chi connectivity index (χ0n) is 81.3. The van der Waals surface area contributed by atoms with Gasteiger partial charge in [-0.2, -0.15) is 0 Å². The second kappa shape index (κ2) is 62.3. The van der Waals surface area contributed by atoms with E-state index >= 15 is 0 Å². The first-order valence-electron chi connectivity index (χ1n) is 47.8. The lowest BCUT2D eigenvalue weighted by molar-refractivity contribution is 0.139. The van der Waals surface area contributed by atoms with Gasteiger partial charge in [0, 0.05) is 138 Å². The highest BCUT2D eigenvalue weighted by atomic mass is 15.2. The van der Waals surface area contributed by atoms with E-state index in [2.05, 4.69) is 349 Å². The first-order chi connectivity index (χ1) is 52.9. The molecule has 0 spiro atoms. The molecule has 1 saturated heterocycles. The first kappa shape index (κ1) is 107. The summed E-state index contributed by atoms with van der Waals surface area (Å²) in [5, 5.41) is 0. The summed E-state index contributed by atoms with van der Waals surface area (Å²) in [5.41, 5.74) is 3.35. The topological polar surface area (TPSA) is 35.6 Å². The molecule has 11 nitrogen and oxygen atoms in total. The van der Waals surface area contributed by atoms with Gasteiger partial charge in [0.05, 0.1) is 0 Å². The minimum absolute atomic E-state index is 0.636. The molecule has 8 aliphatic rings. The third-order valence-electron chi connectivity index (χ3n) is 25.4. The molecular weight excluding hydrogens is 1370 g/mol. The lowest BCUT2D eigenvalue weighted by atomic mass is 9.87. The van der Waals surface area contributed by atoms with Crippen LogP contribution in [0.25, 0.3) is 0 Å². The number of hydrogen-bond donors (Lipinski definition) is 0. The fraction of sp³-hybridized carbons (Fsp3) is 0.861. The van der Waals surface area contributed by atoms with E-state index in [-0.39, 0.29) is 0 Å². The van der Waals surface area contributed by atoms with Crippen LogP contribution in [0.5, 0.6) is 0 Å². The van der Waals surface area contributed by atoms with Gasteiger partial charge in [-0.25, -0.2) is 0 Å². The normalized spacial score (nSPS) is 24.7. The van der Waals surface area contributed by atoms with Crippen LogP contribution in [0.3, 0.4) is 0 Å². The van der Waals surface area contributed by atoms with E-state index in [1.54, 1.807) is 11.1 Å². The van der Waals surface area contributed by atoms with Gasteiger partial charge in [0.2, 0.25) is 0 Å². The molecule has 3 atom stereocenters. The molecule has 112 heavy (non-hydrogen) atoms. The van der Waals surface area contributed by atoms with Crippen LogP contribution in [0.1, 0.15) is 337 Å². The summed E-state index contributed by atoms with van der Waals surface area (Å²) in [4.78, 5) is 27.8. The van der Waals surface area contributed by atoms with Crippen LogP contribution >= 0.6 is 0 Å². The van der Waals surface area contributed by atoms with Crippen molar-refractivity contribution in [3.63, 3.8) is 0 Å². The Hall–Kier alpha value is -2.90. The Bertz CT molecular complexity index is 2140. The lowest BCUT2D eigenvalue weighted by Gasteiger charge is -2.34. The van der Waals surface area contributed by atoms with Gasteiger partial charge in [-0.05, 0) is 386 Å². The molecule has 0 radical (unpaired) electrons. The third kappa shape index (κ3) is 48.9. The van der Waals surface area contributed by atoms with Crippen LogP contribution in [-0.4, -0.2) is 238 Å². The molecule has 0 aromatic heterocycles. The molecule has 1 fully saturated rings. The highest BCUT2D eigenvalue weighted by Gasteiger charge is 2.22. The molecule has 0 N–H and O–H groups in total. The Morgan fingerprint density at radius 2 is 0.500 bits per heavy atom. The van der Waals surface area contributed by atoms with E-state index < -0.39 is 0 Å². The Morgan fingerprint density at radius 1 is 0.241 bits per heavy atom. The van der Waals surface area contributed by atoms with Gasteiger partial charge in [0.15, 0.2) is 0 Å². The number of nitrogens with zero attached hydrogens (tertiary/aromatic N) is 11. The third-order valence-corrected chi connectivity index (χ3v) is 25.4. The van der Waals surface area contributed by atoms with Crippen LogP contribution < -0.4 is 0 Å². The second-order valence-electron chi connectivity index (χ2n) is 39.5. The minimum Gasteiger partial charge on any atom is -0.375 e. The number of hydrogen-bond acceptors (Lipinski definition) is 11. The van der Waals surface area contributed by atoms with Crippen molar-refractivity contribution in [1.29, 1.82) is 0 Å². The lowest BCUT2D eigenvalue weighted by Crippen LogP contribution is -2.41.